The van der Waals surface area contributed by atoms with Gasteiger partial charge >= 0.3 is 0 Å². The third-order valence-corrected chi connectivity index (χ3v) is 2.83. The molecule has 1 atom stereocenters. The first-order valence-electron chi connectivity index (χ1n) is 4.52. The molecule has 0 aliphatic carbocycles. The zero-order valence-electron chi connectivity index (χ0n) is 8.18. The Labute approximate surface area is 95.7 Å². The van der Waals surface area contributed by atoms with Gasteiger partial charge in [-0.3, -0.25) is 4.98 Å². The molecule has 15 heavy (non-hydrogen) atoms. The van der Waals surface area contributed by atoms with Crippen LogP contribution >= 0.6 is 15.9 Å². The highest BCUT2D eigenvalue weighted by Crippen LogP contribution is 2.20. The van der Waals surface area contributed by atoms with E-state index >= 15 is 0 Å². The molecular weight excluding hydrogens is 256 g/mol. The van der Waals surface area contributed by atoms with E-state index in [0.29, 0.717) is 5.33 Å². The van der Waals surface area contributed by atoms with Crippen molar-refractivity contribution in [3.63, 3.8) is 0 Å². The smallest absolute Gasteiger partial charge is 0.100 e. The van der Waals surface area contributed by atoms with E-state index in [1.54, 1.807) is 16.9 Å². The van der Waals surface area contributed by atoms with Crippen molar-refractivity contribution in [3.8, 4) is 6.07 Å². The Morgan fingerprint density at radius 3 is 3.13 bits per heavy atom. The van der Waals surface area contributed by atoms with E-state index in [2.05, 4.69) is 32.1 Å². The largest absolute Gasteiger partial charge is 0.256 e. The van der Waals surface area contributed by atoms with E-state index < -0.39 is 0 Å². The van der Waals surface area contributed by atoms with Crippen LogP contribution in [-0.4, -0.2) is 19.9 Å². The molecule has 2 heterocycles. The van der Waals surface area contributed by atoms with Crippen LogP contribution in [0.15, 0.2) is 18.5 Å². The van der Waals surface area contributed by atoms with Gasteiger partial charge in [-0.15, -0.1) is 0 Å². The van der Waals surface area contributed by atoms with Crippen LogP contribution < -0.4 is 0 Å². The van der Waals surface area contributed by atoms with Crippen molar-refractivity contribution >= 4 is 21.4 Å². The number of rotatable bonds is 2. The lowest BCUT2D eigenvalue weighted by molar-refractivity contribution is 0.875. The van der Waals surface area contributed by atoms with Gasteiger partial charge in [-0.1, -0.05) is 15.9 Å². The standard InChI is InChI=1S/C10H9BrN4/c1-7-4-9-10(8(5-11)6-12)13-2-3-15(9)14-7/h2-4,8H,5H2,1H3. The Morgan fingerprint density at radius 1 is 1.67 bits per heavy atom. The number of aryl methyl sites for hydroxylation is 1. The SMILES string of the molecule is Cc1cc2c(C(C#N)CBr)nccn2n1. The third-order valence-electron chi connectivity index (χ3n) is 2.18. The molecule has 4 nitrogen and oxygen atoms in total. The number of hydrogen-bond acceptors (Lipinski definition) is 3. The molecule has 1 unspecified atom stereocenters. The number of fused-ring (bicyclic) bond motifs is 1. The Balaban J connectivity index is 2.65. The summed E-state index contributed by atoms with van der Waals surface area (Å²) in [5, 5.41) is 13.9. The lowest BCUT2D eigenvalue weighted by atomic mass is 10.1. The summed E-state index contributed by atoms with van der Waals surface area (Å²) in [5.41, 5.74) is 2.61. The first-order chi connectivity index (χ1) is 7.26. The molecule has 5 heteroatoms. The predicted octanol–water partition coefficient (Wildman–Crippen LogP) is 2.04. The van der Waals surface area contributed by atoms with Gasteiger partial charge in [0, 0.05) is 17.7 Å². The average molecular weight is 265 g/mol. The lowest BCUT2D eigenvalue weighted by Crippen LogP contribution is -2.03. The highest BCUT2D eigenvalue weighted by Gasteiger charge is 2.15. The Bertz CT molecular complexity index is 526. The second-order valence-corrected chi connectivity index (χ2v) is 3.91. The molecule has 76 valence electrons. The van der Waals surface area contributed by atoms with Crippen molar-refractivity contribution in [2.75, 3.05) is 5.33 Å². The van der Waals surface area contributed by atoms with Crippen LogP contribution in [0.25, 0.3) is 5.52 Å². The van der Waals surface area contributed by atoms with Crippen molar-refractivity contribution in [1.82, 2.24) is 14.6 Å². The van der Waals surface area contributed by atoms with E-state index in [9.17, 15) is 0 Å². The second kappa shape index (κ2) is 3.99. The van der Waals surface area contributed by atoms with Crippen LogP contribution in [0, 0.1) is 18.3 Å². The molecule has 0 radical (unpaired) electrons. The average Bonchev–Trinajstić information content (AvgIpc) is 2.61. The summed E-state index contributed by atoms with van der Waals surface area (Å²) in [6, 6.07) is 4.16. The number of alkyl halides is 1. The normalized spacial score (nSPS) is 12.6. The van der Waals surface area contributed by atoms with Gasteiger partial charge in [-0.05, 0) is 13.0 Å². The molecule has 0 aromatic carbocycles. The van der Waals surface area contributed by atoms with Gasteiger partial charge in [0.15, 0.2) is 0 Å². The maximum absolute atomic E-state index is 9.00. The van der Waals surface area contributed by atoms with Crippen LogP contribution in [0.3, 0.4) is 0 Å². The molecule has 0 amide bonds. The van der Waals surface area contributed by atoms with Crippen LogP contribution in [0.4, 0.5) is 0 Å². The number of nitriles is 1. The van der Waals surface area contributed by atoms with Crippen molar-refractivity contribution in [3.05, 3.63) is 29.8 Å². The van der Waals surface area contributed by atoms with Crippen LogP contribution in [0.1, 0.15) is 17.3 Å². The van der Waals surface area contributed by atoms with Gasteiger partial charge < -0.3 is 0 Å². The highest BCUT2D eigenvalue weighted by atomic mass is 79.9. The topological polar surface area (TPSA) is 54.0 Å². The molecule has 0 saturated heterocycles. The first-order valence-corrected chi connectivity index (χ1v) is 5.65. The number of halogens is 1. The Hall–Kier alpha value is -1.41. The monoisotopic (exact) mass is 264 g/mol. The van der Waals surface area contributed by atoms with E-state index in [1.807, 2.05) is 13.0 Å². The molecular formula is C10H9BrN4. The molecule has 0 aliphatic rings. The summed E-state index contributed by atoms with van der Waals surface area (Å²) in [6.07, 6.45) is 3.45. The van der Waals surface area contributed by atoms with Gasteiger partial charge in [0.1, 0.15) is 5.92 Å². The fourth-order valence-electron chi connectivity index (χ4n) is 1.50. The van der Waals surface area contributed by atoms with Crippen LogP contribution in [-0.2, 0) is 0 Å². The Morgan fingerprint density at radius 2 is 2.47 bits per heavy atom. The summed E-state index contributed by atoms with van der Waals surface area (Å²) < 4.78 is 1.75. The second-order valence-electron chi connectivity index (χ2n) is 3.26. The summed E-state index contributed by atoms with van der Waals surface area (Å²) >= 11 is 3.31. The highest BCUT2D eigenvalue weighted by molar-refractivity contribution is 9.09. The van der Waals surface area contributed by atoms with Crippen LogP contribution in [0.5, 0.6) is 0 Å². The molecule has 0 N–H and O–H groups in total. The van der Waals surface area contributed by atoms with Gasteiger partial charge in [-0.2, -0.15) is 10.4 Å². The summed E-state index contributed by atoms with van der Waals surface area (Å²) in [7, 11) is 0. The Kier molecular flexibility index (Phi) is 2.69. The van der Waals surface area contributed by atoms with Gasteiger partial charge in [0.25, 0.3) is 0 Å². The first kappa shape index (κ1) is 10.1. The van der Waals surface area contributed by atoms with Crippen molar-refractivity contribution in [2.24, 2.45) is 0 Å². The van der Waals surface area contributed by atoms with E-state index in [4.69, 9.17) is 5.26 Å². The fraction of sp³-hybridized carbons (Fsp3) is 0.300. The maximum Gasteiger partial charge on any atom is 0.100 e. The summed E-state index contributed by atoms with van der Waals surface area (Å²) in [6.45, 7) is 1.92. The molecule has 0 saturated carbocycles. The molecule has 0 aliphatic heterocycles. The minimum Gasteiger partial charge on any atom is -0.256 e. The van der Waals surface area contributed by atoms with E-state index in [-0.39, 0.29) is 5.92 Å². The number of nitrogens with zero attached hydrogens (tertiary/aromatic N) is 4. The van der Waals surface area contributed by atoms with Crippen molar-refractivity contribution < 1.29 is 0 Å². The minimum absolute atomic E-state index is 0.232. The number of hydrogen-bond donors (Lipinski definition) is 0. The molecule has 0 bridgehead atoms. The zero-order valence-corrected chi connectivity index (χ0v) is 9.77. The molecule has 0 fully saturated rings. The molecule has 2 aromatic heterocycles. The maximum atomic E-state index is 9.00. The zero-order chi connectivity index (χ0) is 10.8. The number of aromatic nitrogens is 3. The van der Waals surface area contributed by atoms with Crippen molar-refractivity contribution in [2.45, 2.75) is 12.8 Å². The van der Waals surface area contributed by atoms with Gasteiger partial charge in [-0.25, -0.2) is 4.52 Å². The predicted molar refractivity (Wildman–Crippen MR) is 59.9 cm³/mol. The van der Waals surface area contributed by atoms with E-state index in [0.717, 1.165) is 16.9 Å². The lowest BCUT2D eigenvalue weighted by Gasteiger charge is -2.05. The third kappa shape index (κ3) is 1.73. The van der Waals surface area contributed by atoms with E-state index in [1.165, 1.54) is 0 Å². The van der Waals surface area contributed by atoms with Gasteiger partial charge in [0.05, 0.1) is 23.0 Å². The molecule has 2 aromatic rings. The molecule has 2 rings (SSSR count). The molecule has 0 spiro atoms. The van der Waals surface area contributed by atoms with Gasteiger partial charge in [0.2, 0.25) is 0 Å². The summed E-state index contributed by atoms with van der Waals surface area (Å²) in [4.78, 5) is 4.25. The van der Waals surface area contributed by atoms with Crippen molar-refractivity contribution in [1.29, 1.82) is 5.26 Å². The minimum atomic E-state index is -0.232. The summed E-state index contributed by atoms with van der Waals surface area (Å²) in [5.74, 6) is -0.232. The van der Waals surface area contributed by atoms with Crippen LogP contribution in [0.2, 0.25) is 0 Å². The fourth-order valence-corrected chi connectivity index (χ4v) is 1.95. The quantitative estimate of drug-likeness (QED) is 0.781.